The van der Waals surface area contributed by atoms with Crippen LogP contribution < -0.4 is 10.6 Å². The van der Waals surface area contributed by atoms with Gasteiger partial charge in [-0.15, -0.1) is 5.11 Å². The van der Waals surface area contributed by atoms with Crippen LogP contribution in [-0.2, 0) is 40.5 Å². The number of azo groups is 1. The van der Waals surface area contributed by atoms with Crippen LogP contribution in [0, 0.1) is 0 Å². The van der Waals surface area contributed by atoms with Crippen LogP contribution in [0.3, 0.4) is 0 Å². The lowest BCUT2D eigenvalue weighted by atomic mass is 10.1. The third-order valence-electron chi connectivity index (χ3n) is 6.35. The molecule has 50 heavy (non-hydrogen) atoms. The van der Waals surface area contributed by atoms with E-state index in [4.69, 9.17) is 11.6 Å². The number of rotatable bonds is 10. The minimum absolute atomic E-state index is 0.201. The van der Waals surface area contributed by atoms with Gasteiger partial charge in [-0.05, 0) is 65.5 Å². The maximum Gasteiger partial charge on any atom is 0.296 e. The number of fused-ring (bicyclic) bond motifs is 1. The normalized spacial score (nSPS) is 12.7. The van der Waals surface area contributed by atoms with Crippen LogP contribution >= 0.6 is 11.6 Å². The van der Waals surface area contributed by atoms with Gasteiger partial charge in [0.05, 0.1) is 26.9 Å². The minimum Gasteiger partial charge on any atom is -0.505 e. The lowest BCUT2D eigenvalue weighted by Gasteiger charge is -2.15. The molecule has 4 aromatic carbocycles. The first-order chi connectivity index (χ1) is 23.1. The second-order valence-electron chi connectivity index (χ2n) is 9.74. The molecule has 0 atom stereocenters. The number of benzene rings is 4. The molecule has 0 radical (unpaired) electrons. The molecule has 1 aromatic heterocycles. The number of nitrogens with zero attached hydrogens (tertiary/aromatic N) is 5. The van der Waals surface area contributed by atoms with Crippen molar-refractivity contribution in [2.75, 3.05) is 10.6 Å². The van der Waals surface area contributed by atoms with Gasteiger partial charge >= 0.3 is 0 Å². The van der Waals surface area contributed by atoms with E-state index in [9.17, 15) is 57.0 Å². The van der Waals surface area contributed by atoms with Crippen LogP contribution in [0.2, 0.25) is 5.28 Å². The highest BCUT2D eigenvalue weighted by Gasteiger charge is 2.26. The number of nitrogens with one attached hydrogen (secondary N) is 2. The van der Waals surface area contributed by atoms with Gasteiger partial charge in [-0.25, -0.2) is 0 Å². The summed E-state index contributed by atoms with van der Waals surface area (Å²) in [5.41, 5.74) is -1.71. The fourth-order valence-electron chi connectivity index (χ4n) is 4.30. The highest BCUT2D eigenvalue weighted by Crippen LogP contribution is 2.45. The number of hydrogen-bond donors (Lipinski definition) is 7. The van der Waals surface area contributed by atoms with Crippen molar-refractivity contribution in [2.24, 2.45) is 10.2 Å². The summed E-state index contributed by atoms with van der Waals surface area (Å²) in [6.07, 6.45) is 0. The number of anilines is 4. The number of phenolic OH excluding ortho intramolecular Hbond substituents is 1. The standard InChI is InChI=1S/C25H18ClN7O13S4/c26-23-29-24(27-16-10-14(47(35,36)37)6-7-18(16)49(41,42)43)31-25(30-23)28-17-11-15(48(38,39)40)8-12-9-19(50(44,45)46)21(22(34)20(12)17)33-32-13-4-2-1-3-5-13/h1-11,34H,(H,35,36,37)(H,38,39,40)(H,41,42,43)(H,44,45,46)(H2,27,28,29,30,31)/b33-32+. The molecular weight excluding hydrogens is 770 g/mol. The van der Waals surface area contributed by atoms with E-state index < -0.39 is 105 Å². The van der Waals surface area contributed by atoms with E-state index in [0.717, 1.165) is 18.2 Å². The summed E-state index contributed by atoms with van der Waals surface area (Å²) in [6.45, 7) is 0. The van der Waals surface area contributed by atoms with E-state index in [0.29, 0.717) is 18.2 Å². The van der Waals surface area contributed by atoms with Crippen molar-refractivity contribution in [3.63, 3.8) is 0 Å². The second kappa shape index (κ2) is 13.1. The van der Waals surface area contributed by atoms with Crippen molar-refractivity contribution in [2.45, 2.75) is 19.6 Å². The lowest BCUT2D eigenvalue weighted by molar-refractivity contribution is 0.472. The molecule has 0 saturated heterocycles. The van der Waals surface area contributed by atoms with Gasteiger partial charge < -0.3 is 15.7 Å². The van der Waals surface area contributed by atoms with Crippen LogP contribution in [-0.4, -0.2) is 71.9 Å². The van der Waals surface area contributed by atoms with E-state index in [2.05, 4.69) is 35.8 Å². The Labute approximate surface area is 286 Å². The number of hydrogen-bond acceptors (Lipinski definition) is 16. The topological polar surface area (TPSA) is 325 Å². The van der Waals surface area contributed by atoms with Gasteiger partial charge in [-0.2, -0.15) is 53.7 Å². The number of aromatic nitrogens is 3. The average molecular weight is 788 g/mol. The molecule has 25 heteroatoms. The van der Waals surface area contributed by atoms with E-state index >= 15 is 0 Å². The molecule has 5 aromatic rings. The van der Waals surface area contributed by atoms with E-state index in [1.54, 1.807) is 18.2 Å². The largest absolute Gasteiger partial charge is 0.505 e. The molecule has 0 spiro atoms. The van der Waals surface area contributed by atoms with E-state index in [1.165, 1.54) is 12.1 Å². The molecule has 0 aliphatic rings. The van der Waals surface area contributed by atoms with Crippen LogP contribution in [0.25, 0.3) is 10.8 Å². The molecule has 7 N–H and O–H groups in total. The van der Waals surface area contributed by atoms with Crippen molar-refractivity contribution in [1.82, 2.24) is 15.0 Å². The third-order valence-corrected chi connectivity index (χ3v) is 9.98. The minimum atomic E-state index is -5.16. The Kier molecular flexibility index (Phi) is 9.51. The monoisotopic (exact) mass is 787 g/mol. The predicted molar refractivity (Wildman–Crippen MR) is 173 cm³/mol. The van der Waals surface area contributed by atoms with E-state index in [1.807, 2.05) is 0 Å². The van der Waals surface area contributed by atoms with Crippen LogP contribution in [0.5, 0.6) is 5.75 Å². The summed E-state index contributed by atoms with van der Waals surface area (Å²) in [5, 5.41) is 22.3. The van der Waals surface area contributed by atoms with Crippen LogP contribution in [0.4, 0.5) is 34.6 Å². The molecule has 0 aliphatic carbocycles. The fourth-order valence-corrected chi connectivity index (χ4v) is 6.79. The van der Waals surface area contributed by atoms with Crippen molar-refractivity contribution < 1.29 is 57.0 Å². The van der Waals surface area contributed by atoms with Crippen LogP contribution in [0.1, 0.15) is 0 Å². The first kappa shape index (κ1) is 36.4. The zero-order valence-corrected chi connectivity index (χ0v) is 28.1. The molecule has 5 rings (SSSR count). The maximum absolute atomic E-state index is 12.3. The summed E-state index contributed by atoms with van der Waals surface area (Å²) in [5.74, 6) is -2.20. The summed E-state index contributed by atoms with van der Waals surface area (Å²) in [6, 6.07) is 12.0. The van der Waals surface area contributed by atoms with E-state index in [-0.39, 0.29) is 11.1 Å². The highest BCUT2D eigenvalue weighted by atomic mass is 35.5. The summed E-state index contributed by atoms with van der Waals surface area (Å²) in [7, 11) is -20.1. The van der Waals surface area contributed by atoms with Crippen molar-refractivity contribution in [1.29, 1.82) is 0 Å². The second-order valence-corrected chi connectivity index (χ2v) is 15.7. The third kappa shape index (κ3) is 8.09. The van der Waals surface area contributed by atoms with Gasteiger partial charge in [0.1, 0.15) is 15.5 Å². The number of halogens is 1. The lowest BCUT2D eigenvalue weighted by Crippen LogP contribution is -2.09. The van der Waals surface area contributed by atoms with Gasteiger partial charge in [-0.1, -0.05) is 18.2 Å². The first-order valence-electron chi connectivity index (χ1n) is 12.9. The molecule has 262 valence electrons. The fraction of sp³-hybridized carbons (Fsp3) is 0. The van der Waals surface area contributed by atoms with Gasteiger partial charge in [0.25, 0.3) is 40.5 Å². The zero-order chi connectivity index (χ0) is 36.8. The SMILES string of the molecule is O=S(=O)(O)c1ccc(S(=O)(=O)O)c(Nc2nc(Cl)nc(Nc3cc(S(=O)(=O)O)cc4cc(S(=O)(=O)O)c(/N=N/c5ccccc5)c(O)c34)n2)c1. The smallest absolute Gasteiger partial charge is 0.296 e. The Morgan fingerprint density at radius 1 is 0.600 bits per heavy atom. The molecule has 0 fully saturated rings. The van der Waals surface area contributed by atoms with Gasteiger partial charge in [0.15, 0.2) is 5.75 Å². The molecular formula is C25H18ClN7O13S4. The summed E-state index contributed by atoms with van der Waals surface area (Å²) < 4.78 is 135. The molecule has 20 nitrogen and oxygen atoms in total. The van der Waals surface area contributed by atoms with Crippen molar-refractivity contribution in [3.05, 3.63) is 72.0 Å². The first-order valence-corrected chi connectivity index (χ1v) is 19.1. The zero-order valence-electron chi connectivity index (χ0n) is 24.1. The van der Waals surface area contributed by atoms with Gasteiger partial charge in [-0.3, -0.25) is 18.2 Å². The summed E-state index contributed by atoms with van der Waals surface area (Å²) in [4.78, 5) is 7.90. The maximum atomic E-state index is 12.3. The Hall–Kier alpha value is -4.92. The van der Waals surface area contributed by atoms with Crippen LogP contribution in [0.15, 0.2) is 96.5 Å². The molecule has 0 amide bonds. The molecule has 0 aliphatic heterocycles. The quantitative estimate of drug-likeness (QED) is 0.0767. The van der Waals surface area contributed by atoms with Gasteiger partial charge in [0.2, 0.25) is 17.2 Å². The van der Waals surface area contributed by atoms with Crippen molar-refractivity contribution >= 4 is 97.5 Å². The number of aromatic hydroxyl groups is 1. The summed E-state index contributed by atoms with van der Waals surface area (Å²) >= 11 is 6.01. The average Bonchev–Trinajstić information content (AvgIpc) is 2.98. The Balaban J connectivity index is 1.70. The molecule has 0 bridgehead atoms. The van der Waals surface area contributed by atoms with Gasteiger partial charge in [0, 0.05) is 5.39 Å². The van der Waals surface area contributed by atoms with Crippen molar-refractivity contribution in [3.8, 4) is 5.75 Å². The molecule has 1 heterocycles. The number of phenols is 1. The predicted octanol–water partition coefficient (Wildman–Crippen LogP) is 4.27. The Bertz CT molecular complexity index is 2680. The molecule has 0 saturated carbocycles. The Morgan fingerprint density at radius 3 is 1.72 bits per heavy atom. The Morgan fingerprint density at radius 2 is 1.16 bits per heavy atom. The highest BCUT2D eigenvalue weighted by molar-refractivity contribution is 7.86. The molecule has 0 unspecified atom stereocenters.